The molecule has 1 N–H and O–H groups in total. The van der Waals surface area contributed by atoms with E-state index in [-0.39, 0.29) is 16.5 Å². The van der Waals surface area contributed by atoms with E-state index in [0.717, 1.165) is 0 Å². The van der Waals surface area contributed by atoms with E-state index < -0.39 is 0 Å². The molecule has 0 saturated carbocycles. The van der Waals surface area contributed by atoms with Gasteiger partial charge < -0.3 is 0 Å². The molecule has 0 aliphatic rings. The van der Waals surface area contributed by atoms with Crippen molar-refractivity contribution in [1.29, 1.82) is 5.26 Å². The largest absolute Gasteiger partial charge is 0.286 e. The van der Waals surface area contributed by atoms with E-state index in [1.165, 1.54) is 17.0 Å². The number of aromatic nitrogens is 4. The van der Waals surface area contributed by atoms with Crippen molar-refractivity contribution in [2.24, 2.45) is 0 Å². The summed E-state index contributed by atoms with van der Waals surface area (Å²) in [7, 11) is 0. The Labute approximate surface area is 66.0 Å². The fourth-order valence-corrected chi connectivity index (χ4v) is 0.897. The van der Waals surface area contributed by atoms with Gasteiger partial charge in [-0.25, -0.2) is 0 Å². The van der Waals surface area contributed by atoms with Crippen LogP contribution in [0.5, 0.6) is 0 Å². The van der Waals surface area contributed by atoms with Crippen molar-refractivity contribution in [2.45, 2.75) is 0 Å². The Hall–Kier alpha value is -2.16. The molecule has 0 radical (unpaired) electrons. The highest BCUT2D eigenvalue weighted by Gasteiger charge is 2.04. The van der Waals surface area contributed by atoms with Gasteiger partial charge >= 0.3 is 0 Å². The molecule has 58 valence electrons. The average Bonchev–Trinajstić information content (AvgIpc) is 2.53. The first-order chi connectivity index (χ1) is 5.83. The average molecular weight is 161 g/mol. The fourth-order valence-electron chi connectivity index (χ4n) is 0.897. The lowest BCUT2D eigenvalue weighted by Crippen LogP contribution is -2.11. The topological polar surface area (TPSA) is 86.8 Å². The van der Waals surface area contributed by atoms with Crippen molar-refractivity contribution in [3.63, 3.8) is 0 Å². The Bertz CT molecular complexity index is 516. The number of hydrogen-bond donors (Lipinski definition) is 1. The van der Waals surface area contributed by atoms with Crippen molar-refractivity contribution in [2.75, 3.05) is 0 Å². The van der Waals surface area contributed by atoms with Gasteiger partial charge in [0, 0.05) is 6.20 Å². The summed E-state index contributed by atoms with van der Waals surface area (Å²) in [6, 6.07) is 1.76. The summed E-state index contributed by atoms with van der Waals surface area (Å²) in [5.74, 6) is 0. The van der Waals surface area contributed by atoms with Crippen molar-refractivity contribution in [3.05, 3.63) is 28.2 Å². The quantitative estimate of drug-likeness (QED) is 0.552. The van der Waals surface area contributed by atoms with Gasteiger partial charge in [0.25, 0.3) is 0 Å². The molecule has 12 heavy (non-hydrogen) atoms. The number of nitrogens with zero attached hydrogens (tertiary/aromatic N) is 4. The van der Waals surface area contributed by atoms with Gasteiger partial charge in [0.15, 0.2) is 5.52 Å². The molecule has 0 atom stereocenters. The van der Waals surface area contributed by atoms with Gasteiger partial charge in [0.2, 0.25) is 5.43 Å². The second kappa shape index (κ2) is 2.17. The third kappa shape index (κ3) is 0.703. The van der Waals surface area contributed by atoms with Crippen molar-refractivity contribution in [3.8, 4) is 6.07 Å². The smallest absolute Gasteiger partial charge is 0.226 e. The molecule has 2 heterocycles. The highest BCUT2D eigenvalue weighted by atomic mass is 16.1. The van der Waals surface area contributed by atoms with E-state index in [1.807, 2.05) is 0 Å². The third-order valence-corrected chi connectivity index (χ3v) is 1.48. The fraction of sp³-hybridized carbons (Fsp3) is 0. The van der Waals surface area contributed by atoms with Crippen LogP contribution in [-0.4, -0.2) is 20.0 Å². The Morgan fingerprint density at radius 2 is 2.50 bits per heavy atom. The minimum Gasteiger partial charge on any atom is -0.286 e. The summed E-state index contributed by atoms with van der Waals surface area (Å²) in [5, 5.41) is 18.2. The van der Waals surface area contributed by atoms with Crippen LogP contribution in [0.25, 0.3) is 5.52 Å². The van der Waals surface area contributed by atoms with Crippen molar-refractivity contribution in [1.82, 2.24) is 20.0 Å². The molecule has 0 fully saturated rings. The molecule has 0 amide bonds. The molecule has 2 rings (SSSR count). The molecule has 6 heteroatoms. The molecule has 0 saturated heterocycles. The number of fused-ring (bicyclic) bond motifs is 1. The summed E-state index contributed by atoms with van der Waals surface area (Å²) >= 11 is 0. The number of aromatic amines is 1. The lowest BCUT2D eigenvalue weighted by Gasteiger charge is -1.89. The summed E-state index contributed by atoms with van der Waals surface area (Å²) in [6.45, 7) is 0. The van der Waals surface area contributed by atoms with Crippen molar-refractivity contribution < 1.29 is 0 Å². The molecule has 6 nitrogen and oxygen atoms in total. The summed E-state index contributed by atoms with van der Waals surface area (Å²) in [6.07, 6.45) is 2.60. The monoisotopic (exact) mass is 161 g/mol. The lowest BCUT2D eigenvalue weighted by molar-refractivity contribution is 0.739. The summed E-state index contributed by atoms with van der Waals surface area (Å²) in [4.78, 5) is 11.3. The Kier molecular flexibility index (Phi) is 1.18. The van der Waals surface area contributed by atoms with E-state index in [9.17, 15) is 4.79 Å². The molecule has 0 aliphatic heterocycles. The first-order valence-corrected chi connectivity index (χ1v) is 3.15. The normalized spacial score (nSPS) is 9.92. The Morgan fingerprint density at radius 1 is 1.67 bits per heavy atom. The zero-order valence-electron chi connectivity index (χ0n) is 5.85. The molecule has 2 aromatic rings. The van der Waals surface area contributed by atoms with Crippen LogP contribution in [0.1, 0.15) is 5.56 Å². The molecule has 0 aliphatic carbocycles. The van der Waals surface area contributed by atoms with Crippen LogP contribution in [0.3, 0.4) is 0 Å². The highest BCUT2D eigenvalue weighted by molar-refractivity contribution is 5.46. The molecule has 2 aromatic heterocycles. The maximum absolute atomic E-state index is 11.3. The van der Waals surface area contributed by atoms with Crippen molar-refractivity contribution >= 4 is 5.52 Å². The first-order valence-electron chi connectivity index (χ1n) is 3.15. The number of H-pyrrole nitrogens is 1. The van der Waals surface area contributed by atoms with E-state index >= 15 is 0 Å². The van der Waals surface area contributed by atoms with E-state index in [4.69, 9.17) is 5.26 Å². The van der Waals surface area contributed by atoms with Crippen LogP contribution in [0.15, 0.2) is 17.2 Å². The Balaban J connectivity index is 3.00. The molecule has 0 unspecified atom stereocenters. The number of hydrogen-bond acceptors (Lipinski definition) is 4. The SMILES string of the molecule is N#Cc1c[nH]n2nncc2c1=O. The minimum atomic E-state index is -0.360. The number of nitrogens with one attached hydrogen (secondary N) is 1. The van der Waals surface area contributed by atoms with Gasteiger partial charge in [-0.15, -0.1) is 5.10 Å². The first kappa shape index (κ1) is 6.54. The van der Waals surface area contributed by atoms with Gasteiger partial charge in [-0.1, -0.05) is 0 Å². The maximum atomic E-state index is 11.3. The zero-order chi connectivity index (χ0) is 8.55. The van der Waals surface area contributed by atoms with Gasteiger partial charge in [-0.05, 0) is 5.21 Å². The van der Waals surface area contributed by atoms with Gasteiger partial charge in [-0.3, -0.25) is 9.89 Å². The van der Waals surface area contributed by atoms with Crippen LogP contribution >= 0.6 is 0 Å². The molecule has 0 bridgehead atoms. The maximum Gasteiger partial charge on any atom is 0.226 e. The van der Waals surface area contributed by atoms with Crippen LogP contribution in [0.2, 0.25) is 0 Å². The van der Waals surface area contributed by atoms with Crippen LogP contribution in [0.4, 0.5) is 0 Å². The lowest BCUT2D eigenvalue weighted by atomic mass is 10.3. The highest BCUT2D eigenvalue weighted by Crippen LogP contribution is 1.91. The third-order valence-electron chi connectivity index (χ3n) is 1.48. The van der Waals surface area contributed by atoms with E-state index in [0.29, 0.717) is 0 Å². The number of nitriles is 1. The summed E-state index contributed by atoms with van der Waals surface area (Å²) in [5.41, 5.74) is -0.0277. The van der Waals surface area contributed by atoms with Gasteiger partial charge in [0.05, 0.1) is 6.20 Å². The predicted molar refractivity (Wildman–Crippen MR) is 38.3 cm³/mol. The second-order valence-corrected chi connectivity index (χ2v) is 2.16. The van der Waals surface area contributed by atoms with Crippen LogP contribution < -0.4 is 5.43 Å². The zero-order valence-corrected chi connectivity index (χ0v) is 5.85. The summed E-state index contributed by atoms with van der Waals surface area (Å²) < 4.78 is 1.21. The van der Waals surface area contributed by atoms with Gasteiger partial charge in [-0.2, -0.15) is 9.89 Å². The molecular formula is C6H3N5O. The minimum absolute atomic E-state index is 0.0600. The number of rotatable bonds is 0. The van der Waals surface area contributed by atoms with E-state index in [2.05, 4.69) is 15.4 Å². The Morgan fingerprint density at radius 3 is 3.25 bits per heavy atom. The standard InChI is InChI=1S/C6H3N5O/c7-1-4-2-9-11-5(6(4)12)3-8-10-11/h2-3,9H. The van der Waals surface area contributed by atoms with Crippen LogP contribution in [0, 0.1) is 11.3 Å². The molecule has 0 aromatic carbocycles. The molecule has 0 spiro atoms. The second-order valence-electron chi connectivity index (χ2n) is 2.16. The van der Waals surface area contributed by atoms with Gasteiger partial charge in [0.1, 0.15) is 11.6 Å². The van der Waals surface area contributed by atoms with Crippen LogP contribution in [-0.2, 0) is 0 Å². The molecular weight excluding hydrogens is 158 g/mol. The van der Waals surface area contributed by atoms with E-state index in [1.54, 1.807) is 6.07 Å². The predicted octanol–water partition coefficient (Wildman–Crippen LogP) is -0.711.